The van der Waals surface area contributed by atoms with E-state index in [-0.39, 0.29) is 24.9 Å². The molecule has 2 aromatic rings. The van der Waals surface area contributed by atoms with Crippen LogP contribution in [0.4, 0.5) is 5.69 Å². The number of anilines is 1. The van der Waals surface area contributed by atoms with Crippen molar-refractivity contribution in [1.82, 2.24) is 9.80 Å². The summed E-state index contributed by atoms with van der Waals surface area (Å²) in [4.78, 5) is 27.8. The van der Waals surface area contributed by atoms with E-state index < -0.39 is 0 Å². The van der Waals surface area contributed by atoms with Crippen LogP contribution in [0.5, 0.6) is 5.75 Å². The van der Waals surface area contributed by atoms with E-state index >= 15 is 0 Å². The summed E-state index contributed by atoms with van der Waals surface area (Å²) in [5, 5.41) is 3.19. The van der Waals surface area contributed by atoms with E-state index in [1.54, 1.807) is 25.2 Å². The van der Waals surface area contributed by atoms with Crippen molar-refractivity contribution in [2.75, 3.05) is 39.6 Å². The molecular weight excluding hydrogens is 370 g/mol. The number of halogens is 1. The molecule has 0 atom stereocenters. The number of furan rings is 1. The Morgan fingerprint density at radius 2 is 1.93 bits per heavy atom. The molecule has 0 fully saturated rings. The maximum absolute atomic E-state index is 12.3. The average Bonchev–Trinajstić information content (AvgIpc) is 2.99. The van der Waals surface area contributed by atoms with Gasteiger partial charge in [0.15, 0.2) is 0 Å². The number of ether oxygens (including phenoxy) is 1. The Bertz CT molecular complexity index is 806. The van der Waals surface area contributed by atoms with Gasteiger partial charge in [-0.25, -0.2) is 0 Å². The van der Waals surface area contributed by atoms with E-state index in [2.05, 4.69) is 5.32 Å². The maximum atomic E-state index is 12.3. The fourth-order valence-corrected chi connectivity index (χ4v) is 2.69. The van der Waals surface area contributed by atoms with Gasteiger partial charge in [-0.15, -0.1) is 0 Å². The van der Waals surface area contributed by atoms with Crippen LogP contribution in [0.25, 0.3) is 0 Å². The summed E-state index contributed by atoms with van der Waals surface area (Å²) in [7, 11) is 4.91. The number of aryl methyl sites for hydroxylation is 1. The minimum atomic E-state index is -0.337. The number of nitrogens with zero attached hydrogens (tertiary/aromatic N) is 2. The molecule has 0 unspecified atom stereocenters. The second-order valence-corrected chi connectivity index (χ2v) is 6.76. The van der Waals surface area contributed by atoms with Crippen LogP contribution in [0.2, 0.25) is 5.02 Å². The molecule has 2 amide bonds. The molecule has 0 spiro atoms. The Morgan fingerprint density at radius 3 is 2.56 bits per heavy atom. The normalized spacial score (nSPS) is 10.7. The smallest absolute Gasteiger partial charge is 0.244 e. The molecule has 0 saturated heterocycles. The number of amides is 2. The van der Waals surface area contributed by atoms with Crippen molar-refractivity contribution in [2.45, 2.75) is 13.5 Å². The lowest BCUT2D eigenvalue weighted by molar-refractivity contribution is -0.134. The fourth-order valence-electron chi connectivity index (χ4n) is 2.51. The van der Waals surface area contributed by atoms with Crippen molar-refractivity contribution in [3.8, 4) is 5.75 Å². The van der Waals surface area contributed by atoms with Gasteiger partial charge < -0.3 is 19.4 Å². The number of rotatable bonds is 8. The molecule has 0 aliphatic rings. The second kappa shape index (κ2) is 9.43. The molecule has 1 aromatic carbocycles. The Morgan fingerprint density at radius 1 is 1.19 bits per heavy atom. The Kier molecular flexibility index (Phi) is 7.27. The Labute approximate surface area is 163 Å². The highest BCUT2D eigenvalue weighted by Gasteiger charge is 2.17. The summed E-state index contributed by atoms with van der Waals surface area (Å²) in [6.07, 6.45) is 0. The molecule has 1 N–H and O–H groups in total. The van der Waals surface area contributed by atoms with Gasteiger partial charge in [0.2, 0.25) is 11.8 Å². The van der Waals surface area contributed by atoms with Gasteiger partial charge in [0, 0.05) is 12.1 Å². The van der Waals surface area contributed by atoms with Gasteiger partial charge in [0.25, 0.3) is 0 Å². The first-order chi connectivity index (χ1) is 12.8. The predicted octanol–water partition coefficient (Wildman–Crippen LogP) is 2.78. The van der Waals surface area contributed by atoms with Gasteiger partial charge in [0.05, 0.1) is 32.4 Å². The first kappa shape index (κ1) is 20.8. The van der Waals surface area contributed by atoms with Crippen LogP contribution in [-0.4, -0.2) is 55.9 Å². The zero-order valence-electron chi connectivity index (χ0n) is 15.9. The standard InChI is InChI=1S/C19H24ClN3O4/c1-13-5-7-15(27-13)10-22(2)12-19(25)23(3)11-18(24)21-16-9-14(20)6-8-17(16)26-4/h5-9H,10-12H2,1-4H3,(H,21,24). The monoisotopic (exact) mass is 393 g/mol. The largest absolute Gasteiger partial charge is 0.495 e. The van der Waals surface area contributed by atoms with E-state index in [9.17, 15) is 9.59 Å². The predicted molar refractivity (Wildman–Crippen MR) is 104 cm³/mol. The van der Waals surface area contributed by atoms with E-state index in [1.807, 2.05) is 31.0 Å². The van der Waals surface area contributed by atoms with Gasteiger partial charge in [-0.1, -0.05) is 11.6 Å². The van der Waals surface area contributed by atoms with Crippen molar-refractivity contribution < 1.29 is 18.7 Å². The third-order valence-corrected chi connectivity index (χ3v) is 4.10. The summed E-state index contributed by atoms with van der Waals surface area (Å²) in [5.74, 6) is 1.60. The molecule has 2 rings (SSSR count). The van der Waals surface area contributed by atoms with Gasteiger partial charge in [-0.2, -0.15) is 0 Å². The molecule has 146 valence electrons. The number of carbonyl (C=O) groups is 2. The van der Waals surface area contributed by atoms with E-state index in [4.69, 9.17) is 20.8 Å². The molecular formula is C19H24ClN3O4. The van der Waals surface area contributed by atoms with Crippen LogP contribution >= 0.6 is 11.6 Å². The highest BCUT2D eigenvalue weighted by molar-refractivity contribution is 6.31. The molecule has 7 nitrogen and oxygen atoms in total. The highest BCUT2D eigenvalue weighted by Crippen LogP contribution is 2.27. The quantitative estimate of drug-likeness (QED) is 0.746. The lowest BCUT2D eigenvalue weighted by Crippen LogP contribution is -2.40. The molecule has 1 heterocycles. The third-order valence-electron chi connectivity index (χ3n) is 3.87. The van der Waals surface area contributed by atoms with Crippen LogP contribution in [0.15, 0.2) is 34.7 Å². The number of benzene rings is 1. The Balaban J connectivity index is 1.86. The van der Waals surface area contributed by atoms with Crippen molar-refractivity contribution in [1.29, 1.82) is 0 Å². The molecule has 0 saturated carbocycles. The average molecular weight is 394 g/mol. The summed E-state index contributed by atoms with van der Waals surface area (Å²) >= 11 is 5.95. The summed E-state index contributed by atoms with van der Waals surface area (Å²) in [5.41, 5.74) is 0.459. The van der Waals surface area contributed by atoms with E-state index in [0.717, 1.165) is 11.5 Å². The van der Waals surface area contributed by atoms with Crippen LogP contribution in [0.1, 0.15) is 11.5 Å². The third kappa shape index (κ3) is 6.30. The first-order valence-corrected chi connectivity index (χ1v) is 8.77. The molecule has 0 radical (unpaired) electrons. The van der Waals surface area contributed by atoms with Crippen molar-refractivity contribution >= 4 is 29.1 Å². The zero-order valence-corrected chi connectivity index (χ0v) is 16.7. The number of hydrogen-bond acceptors (Lipinski definition) is 5. The summed E-state index contributed by atoms with van der Waals surface area (Å²) in [6, 6.07) is 8.69. The van der Waals surface area contributed by atoms with Crippen molar-refractivity contribution in [3.05, 3.63) is 46.9 Å². The maximum Gasteiger partial charge on any atom is 0.244 e. The molecule has 8 heteroatoms. The van der Waals surface area contributed by atoms with Crippen molar-refractivity contribution in [3.63, 3.8) is 0 Å². The van der Waals surface area contributed by atoms with Crippen LogP contribution in [0, 0.1) is 6.92 Å². The lowest BCUT2D eigenvalue weighted by Gasteiger charge is -2.21. The molecule has 0 aliphatic carbocycles. The van der Waals surface area contributed by atoms with Gasteiger partial charge >= 0.3 is 0 Å². The van der Waals surface area contributed by atoms with Crippen LogP contribution in [0.3, 0.4) is 0 Å². The van der Waals surface area contributed by atoms with Crippen LogP contribution < -0.4 is 10.1 Å². The minimum absolute atomic E-state index is 0.0811. The van der Waals surface area contributed by atoms with Gasteiger partial charge in [-0.3, -0.25) is 14.5 Å². The molecule has 0 aliphatic heterocycles. The molecule has 1 aromatic heterocycles. The van der Waals surface area contributed by atoms with Gasteiger partial charge in [0.1, 0.15) is 17.3 Å². The molecule has 0 bridgehead atoms. The van der Waals surface area contributed by atoms with E-state index in [1.165, 1.54) is 12.0 Å². The number of carbonyl (C=O) groups excluding carboxylic acids is 2. The second-order valence-electron chi connectivity index (χ2n) is 6.33. The number of nitrogens with one attached hydrogen (secondary N) is 1. The number of hydrogen-bond donors (Lipinski definition) is 1. The van der Waals surface area contributed by atoms with Gasteiger partial charge in [-0.05, 0) is 44.3 Å². The highest BCUT2D eigenvalue weighted by atomic mass is 35.5. The fraction of sp³-hybridized carbons (Fsp3) is 0.368. The summed E-state index contributed by atoms with van der Waals surface area (Å²) < 4.78 is 10.7. The molecule has 27 heavy (non-hydrogen) atoms. The first-order valence-electron chi connectivity index (χ1n) is 8.39. The van der Waals surface area contributed by atoms with Crippen LogP contribution in [-0.2, 0) is 16.1 Å². The Hall–Kier alpha value is -2.51. The SMILES string of the molecule is COc1ccc(Cl)cc1NC(=O)CN(C)C(=O)CN(C)Cc1ccc(C)o1. The topological polar surface area (TPSA) is 75.0 Å². The van der Waals surface area contributed by atoms with E-state index in [0.29, 0.717) is 23.0 Å². The minimum Gasteiger partial charge on any atom is -0.495 e. The van der Waals surface area contributed by atoms with Crippen molar-refractivity contribution in [2.24, 2.45) is 0 Å². The lowest BCUT2D eigenvalue weighted by atomic mass is 10.3. The number of likely N-dealkylation sites (N-methyl/N-ethyl adjacent to an activating group) is 2. The summed E-state index contributed by atoms with van der Waals surface area (Å²) in [6.45, 7) is 2.47. The number of methoxy groups -OCH3 is 1. The zero-order chi connectivity index (χ0) is 20.0.